The molecule has 1 aliphatic heterocycles. The van der Waals surface area contributed by atoms with Gasteiger partial charge in [0.1, 0.15) is 0 Å². The van der Waals surface area contributed by atoms with Gasteiger partial charge in [0, 0.05) is 59.0 Å². The van der Waals surface area contributed by atoms with Crippen LogP contribution in [0.2, 0.25) is 0 Å². The van der Waals surface area contributed by atoms with Crippen LogP contribution in [0, 0.1) is 5.92 Å². The number of hydrogen-bond donors (Lipinski definition) is 1. The summed E-state index contributed by atoms with van der Waals surface area (Å²) < 4.78 is 7.03. The van der Waals surface area contributed by atoms with Gasteiger partial charge in [0.25, 0.3) is 0 Å². The fourth-order valence-electron chi connectivity index (χ4n) is 3.49. The molecule has 1 fully saturated rings. The van der Waals surface area contributed by atoms with Crippen LogP contribution >= 0.6 is 0 Å². The van der Waals surface area contributed by atoms with E-state index in [2.05, 4.69) is 29.2 Å². The third kappa shape index (κ3) is 5.26. The van der Waals surface area contributed by atoms with Crippen LogP contribution in [-0.2, 0) is 16.6 Å². The van der Waals surface area contributed by atoms with Crippen molar-refractivity contribution >= 4 is 5.91 Å². The first kappa shape index (κ1) is 19.9. The molecule has 1 amide bonds. The van der Waals surface area contributed by atoms with Crippen molar-refractivity contribution in [1.29, 1.82) is 0 Å². The molecule has 0 aromatic carbocycles. The SMILES string of the molecule is CCN(CC)CCN(CCOC)C(=O)[C@H]1CNC[C@@H]1c1cnn(C)c1. The van der Waals surface area contributed by atoms with E-state index < -0.39 is 0 Å². The molecule has 25 heavy (non-hydrogen) atoms. The number of rotatable bonds is 10. The molecular weight excluding hydrogens is 318 g/mol. The Kier molecular flexibility index (Phi) is 7.87. The van der Waals surface area contributed by atoms with Crippen molar-refractivity contribution in [3.05, 3.63) is 18.0 Å². The van der Waals surface area contributed by atoms with Gasteiger partial charge < -0.3 is 19.9 Å². The zero-order valence-corrected chi connectivity index (χ0v) is 16.1. The maximum absolute atomic E-state index is 13.2. The second kappa shape index (κ2) is 9.89. The lowest BCUT2D eigenvalue weighted by atomic mass is 9.89. The minimum Gasteiger partial charge on any atom is -0.383 e. The topological polar surface area (TPSA) is 62.6 Å². The number of nitrogens with one attached hydrogen (secondary N) is 1. The summed E-state index contributed by atoms with van der Waals surface area (Å²) in [5.41, 5.74) is 1.14. The van der Waals surface area contributed by atoms with Gasteiger partial charge >= 0.3 is 0 Å². The number of hydrogen-bond acceptors (Lipinski definition) is 5. The number of amides is 1. The van der Waals surface area contributed by atoms with E-state index in [0.717, 1.165) is 44.8 Å². The van der Waals surface area contributed by atoms with E-state index in [1.807, 2.05) is 24.3 Å². The van der Waals surface area contributed by atoms with Crippen molar-refractivity contribution in [2.75, 3.05) is 59.5 Å². The second-order valence-electron chi connectivity index (χ2n) is 6.66. The zero-order chi connectivity index (χ0) is 18.2. The van der Waals surface area contributed by atoms with Crippen LogP contribution in [0.5, 0.6) is 0 Å². The molecule has 1 N–H and O–H groups in total. The molecule has 0 saturated carbocycles. The van der Waals surface area contributed by atoms with Crippen LogP contribution in [0.15, 0.2) is 12.4 Å². The molecule has 7 nitrogen and oxygen atoms in total. The van der Waals surface area contributed by atoms with Gasteiger partial charge in [-0.15, -0.1) is 0 Å². The Morgan fingerprint density at radius 3 is 2.68 bits per heavy atom. The highest BCUT2D eigenvalue weighted by atomic mass is 16.5. The first-order valence-corrected chi connectivity index (χ1v) is 9.30. The summed E-state index contributed by atoms with van der Waals surface area (Å²) in [6, 6.07) is 0. The Labute approximate surface area is 151 Å². The molecule has 1 aromatic heterocycles. The monoisotopic (exact) mass is 351 g/mol. The van der Waals surface area contributed by atoms with E-state index in [4.69, 9.17) is 4.74 Å². The lowest BCUT2D eigenvalue weighted by Crippen LogP contribution is -2.44. The Bertz CT molecular complexity index is 529. The summed E-state index contributed by atoms with van der Waals surface area (Å²) in [4.78, 5) is 17.5. The van der Waals surface area contributed by atoms with E-state index in [0.29, 0.717) is 13.2 Å². The minimum atomic E-state index is -0.0299. The van der Waals surface area contributed by atoms with Crippen molar-refractivity contribution in [3.8, 4) is 0 Å². The van der Waals surface area contributed by atoms with E-state index in [1.54, 1.807) is 11.8 Å². The molecule has 0 unspecified atom stereocenters. The molecule has 1 aliphatic rings. The third-order valence-corrected chi connectivity index (χ3v) is 5.14. The maximum Gasteiger partial charge on any atom is 0.227 e. The molecular formula is C18H33N5O2. The van der Waals surface area contributed by atoms with Gasteiger partial charge in [-0.05, 0) is 18.7 Å². The first-order valence-electron chi connectivity index (χ1n) is 9.30. The number of likely N-dealkylation sites (N-methyl/N-ethyl adjacent to an activating group) is 1. The van der Waals surface area contributed by atoms with Gasteiger partial charge in [-0.25, -0.2) is 0 Å². The van der Waals surface area contributed by atoms with E-state index in [9.17, 15) is 4.79 Å². The Morgan fingerprint density at radius 1 is 1.32 bits per heavy atom. The average Bonchev–Trinajstić information content (AvgIpc) is 3.26. The number of methoxy groups -OCH3 is 1. The highest BCUT2D eigenvalue weighted by molar-refractivity contribution is 5.80. The minimum absolute atomic E-state index is 0.0299. The fourth-order valence-corrected chi connectivity index (χ4v) is 3.49. The molecule has 1 saturated heterocycles. The molecule has 0 bridgehead atoms. The van der Waals surface area contributed by atoms with Crippen LogP contribution < -0.4 is 5.32 Å². The second-order valence-corrected chi connectivity index (χ2v) is 6.66. The highest BCUT2D eigenvalue weighted by Gasteiger charge is 2.36. The van der Waals surface area contributed by atoms with Gasteiger partial charge in [-0.3, -0.25) is 9.48 Å². The molecule has 0 radical (unpaired) electrons. The van der Waals surface area contributed by atoms with Crippen LogP contribution in [0.3, 0.4) is 0 Å². The third-order valence-electron chi connectivity index (χ3n) is 5.14. The lowest BCUT2D eigenvalue weighted by molar-refractivity contribution is -0.136. The summed E-state index contributed by atoms with van der Waals surface area (Å²) in [7, 11) is 3.60. The maximum atomic E-state index is 13.2. The van der Waals surface area contributed by atoms with Gasteiger partial charge in [-0.1, -0.05) is 13.8 Å². The van der Waals surface area contributed by atoms with Gasteiger partial charge in [0.15, 0.2) is 0 Å². The van der Waals surface area contributed by atoms with Crippen LogP contribution in [0.1, 0.15) is 25.3 Å². The van der Waals surface area contributed by atoms with Crippen LogP contribution in [0.4, 0.5) is 0 Å². The molecule has 2 rings (SSSR count). The Morgan fingerprint density at radius 2 is 2.08 bits per heavy atom. The van der Waals surface area contributed by atoms with Crippen molar-refractivity contribution in [3.63, 3.8) is 0 Å². The predicted octanol–water partition coefficient (Wildman–Crippen LogP) is 0.540. The first-order chi connectivity index (χ1) is 12.1. The normalized spacial score (nSPS) is 20.4. The average molecular weight is 351 g/mol. The molecule has 0 spiro atoms. The summed E-state index contributed by atoms with van der Waals surface area (Å²) >= 11 is 0. The van der Waals surface area contributed by atoms with Crippen LogP contribution in [0.25, 0.3) is 0 Å². The zero-order valence-electron chi connectivity index (χ0n) is 16.1. The van der Waals surface area contributed by atoms with Crippen molar-refractivity contribution < 1.29 is 9.53 Å². The summed E-state index contributed by atoms with van der Waals surface area (Å²) in [6.45, 7) is 10.8. The molecule has 142 valence electrons. The number of carbonyl (C=O) groups is 1. The number of carbonyl (C=O) groups excluding carboxylic acids is 1. The Hall–Kier alpha value is -1.44. The van der Waals surface area contributed by atoms with E-state index >= 15 is 0 Å². The fraction of sp³-hybridized carbons (Fsp3) is 0.778. The Balaban J connectivity index is 2.05. The largest absolute Gasteiger partial charge is 0.383 e. The van der Waals surface area contributed by atoms with Crippen molar-refractivity contribution in [1.82, 2.24) is 24.9 Å². The van der Waals surface area contributed by atoms with Crippen molar-refractivity contribution in [2.45, 2.75) is 19.8 Å². The summed E-state index contributed by atoms with van der Waals surface area (Å²) in [5.74, 6) is 0.389. The molecule has 1 aromatic rings. The smallest absolute Gasteiger partial charge is 0.227 e. The van der Waals surface area contributed by atoms with E-state index in [-0.39, 0.29) is 17.7 Å². The number of nitrogens with zero attached hydrogens (tertiary/aromatic N) is 4. The molecule has 0 aliphatic carbocycles. The van der Waals surface area contributed by atoms with Crippen LogP contribution in [-0.4, -0.2) is 85.0 Å². The summed E-state index contributed by atoms with van der Waals surface area (Å²) in [5, 5.41) is 7.65. The highest BCUT2D eigenvalue weighted by Crippen LogP contribution is 2.29. The van der Waals surface area contributed by atoms with E-state index in [1.165, 1.54) is 0 Å². The molecule has 7 heteroatoms. The summed E-state index contributed by atoms with van der Waals surface area (Å²) in [6.07, 6.45) is 3.90. The quantitative estimate of drug-likeness (QED) is 0.667. The van der Waals surface area contributed by atoms with Crippen molar-refractivity contribution in [2.24, 2.45) is 13.0 Å². The van der Waals surface area contributed by atoms with Gasteiger partial charge in [0.2, 0.25) is 5.91 Å². The van der Waals surface area contributed by atoms with Gasteiger partial charge in [0.05, 0.1) is 18.7 Å². The van der Waals surface area contributed by atoms with Gasteiger partial charge in [-0.2, -0.15) is 5.10 Å². The number of aryl methyl sites for hydroxylation is 1. The molecule has 2 heterocycles. The number of aromatic nitrogens is 2. The lowest BCUT2D eigenvalue weighted by Gasteiger charge is -2.30. The standard InChI is InChI=1S/C18H33N5O2/c1-5-22(6-2)7-8-23(9-10-25-4)18(24)17-13-19-12-16(17)15-11-20-21(3)14-15/h11,14,16-17,19H,5-10,12-13H2,1-4H3/t16-,17+/m1/s1. The molecule has 2 atom stereocenters. The number of ether oxygens (including phenoxy) is 1. The predicted molar refractivity (Wildman–Crippen MR) is 98.6 cm³/mol.